The quantitative estimate of drug-likeness (QED) is 0.432. The number of rotatable bonds is 8. The van der Waals surface area contributed by atoms with Gasteiger partial charge in [-0.1, -0.05) is 19.1 Å². The van der Waals surface area contributed by atoms with Gasteiger partial charge in [-0.05, 0) is 68.9 Å². The highest BCUT2D eigenvalue weighted by Crippen LogP contribution is 2.43. The number of benzene rings is 1. The Morgan fingerprint density at radius 1 is 1.17 bits per heavy atom. The van der Waals surface area contributed by atoms with Gasteiger partial charge in [-0.15, -0.1) is 11.3 Å². The SMILES string of the molecule is CCc1cnc(C2(O)CCC(C[C@H]3CCN(C(=O)CCC(=O)c4cccc(C(F)(F)F)c4)C3)CC2)s1. The molecule has 0 radical (unpaired) electrons. The Kier molecular flexibility index (Phi) is 8.19. The second kappa shape index (κ2) is 11.0. The predicted octanol–water partition coefficient (Wildman–Crippen LogP) is 6.00. The summed E-state index contributed by atoms with van der Waals surface area (Å²) >= 11 is 1.60. The lowest BCUT2D eigenvalue weighted by Gasteiger charge is -2.35. The highest BCUT2D eigenvalue weighted by Gasteiger charge is 2.38. The summed E-state index contributed by atoms with van der Waals surface area (Å²) in [5.41, 5.74) is -1.70. The minimum absolute atomic E-state index is 0.00578. The van der Waals surface area contributed by atoms with Gasteiger partial charge >= 0.3 is 6.18 Å². The second-order valence-electron chi connectivity index (χ2n) is 10.2. The Hall–Kier alpha value is -2.26. The van der Waals surface area contributed by atoms with Crippen LogP contribution in [0.5, 0.6) is 0 Å². The number of carbonyl (C=O) groups is 2. The Morgan fingerprint density at radius 2 is 1.92 bits per heavy atom. The number of Topliss-reactive ketones (excluding diaryl/α,β-unsaturated/α-hetero) is 1. The minimum atomic E-state index is -4.51. The molecule has 1 aromatic carbocycles. The number of hydrogen-bond acceptors (Lipinski definition) is 5. The van der Waals surface area contributed by atoms with Crippen LogP contribution in [0.4, 0.5) is 13.2 Å². The largest absolute Gasteiger partial charge is 0.416 e. The van der Waals surface area contributed by atoms with Crippen LogP contribution in [0.25, 0.3) is 0 Å². The van der Waals surface area contributed by atoms with E-state index in [4.69, 9.17) is 0 Å². The lowest BCUT2D eigenvalue weighted by molar-refractivity contribution is -0.137. The summed E-state index contributed by atoms with van der Waals surface area (Å²) in [6.07, 6.45) is 3.41. The van der Waals surface area contributed by atoms with E-state index in [1.807, 2.05) is 6.20 Å². The molecule has 1 N–H and O–H groups in total. The molecule has 2 heterocycles. The second-order valence-corrected chi connectivity index (χ2v) is 11.3. The number of halogens is 3. The van der Waals surface area contributed by atoms with E-state index < -0.39 is 23.1 Å². The fourth-order valence-corrected chi connectivity index (χ4v) is 6.40. The number of nitrogens with zero attached hydrogens (tertiary/aromatic N) is 2. The Morgan fingerprint density at radius 3 is 2.58 bits per heavy atom. The smallest absolute Gasteiger partial charge is 0.383 e. The fraction of sp³-hybridized carbons (Fsp3) is 0.593. The van der Waals surface area contributed by atoms with E-state index >= 15 is 0 Å². The van der Waals surface area contributed by atoms with Crippen LogP contribution >= 0.6 is 11.3 Å². The first-order chi connectivity index (χ1) is 17.1. The van der Waals surface area contributed by atoms with Crippen molar-refractivity contribution in [3.8, 4) is 0 Å². The van der Waals surface area contributed by atoms with E-state index in [0.717, 1.165) is 49.2 Å². The summed E-state index contributed by atoms with van der Waals surface area (Å²) in [4.78, 5) is 32.5. The normalized spacial score (nSPS) is 24.8. The van der Waals surface area contributed by atoms with Crippen LogP contribution in [0.3, 0.4) is 0 Å². The van der Waals surface area contributed by atoms with Crippen molar-refractivity contribution in [2.75, 3.05) is 13.1 Å². The van der Waals surface area contributed by atoms with Gasteiger partial charge in [0.15, 0.2) is 5.78 Å². The number of aromatic nitrogens is 1. The van der Waals surface area contributed by atoms with Crippen LogP contribution in [-0.2, 0) is 23.0 Å². The van der Waals surface area contributed by atoms with Crippen LogP contribution in [0.2, 0.25) is 0 Å². The molecule has 1 aliphatic carbocycles. The number of thiazole rings is 1. The molecule has 1 aromatic heterocycles. The Bertz CT molecular complexity index is 1080. The molecule has 2 fully saturated rings. The van der Waals surface area contributed by atoms with Crippen molar-refractivity contribution in [2.24, 2.45) is 11.8 Å². The van der Waals surface area contributed by atoms with Gasteiger partial charge in [-0.2, -0.15) is 13.2 Å². The number of aliphatic hydroxyl groups is 1. The third-order valence-corrected chi connectivity index (χ3v) is 8.95. The van der Waals surface area contributed by atoms with Gasteiger partial charge in [0.1, 0.15) is 10.6 Å². The zero-order valence-corrected chi connectivity index (χ0v) is 21.3. The molecule has 4 rings (SSSR count). The summed E-state index contributed by atoms with van der Waals surface area (Å²) in [6, 6.07) is 4.35. The molecule has 5 nitrogen and oxygen atoms in total. The van der Waals surface area contributed by atoms with E-state index in [1.165, 1.54) is 17.0 Å². The van der Waals surface area contributed by atoms with Gasteiger partial charge in [0.2, 0.25) is 5.91 Å². The maximum atomic E-state index is 12.9. The zero-order chi connectivity index (χ0) is 25.9. The molecule has 2 aliphatic rings. The molecule has 1 aliphatic heterocycles. The monoisotopic (exact) mass is 522 g/mol. The number of ketones is 1. The molecule has 2 aromatic rings. The summed E-state index contributed by atoms with van der Waals surface area (Å²) in [6.45, 7) is 3.39. The molecule has 1 saturated carbocycles. The number of aryl methyl sites for hydroxylation is 1. The van der Waals surface area contributed by atoms with Crippen LogP contribution in [-0.4, -0.2) is 39.8 Å². The molecule has 0 spiro atoms. The lowest BCUT2D eigenvalue weighted by Crippen LogP contribution is -2.32. The Labute approximate surface area is 213 Å². The number of amides is 1. The zero-order valence-electron chi connectivity index (χ0n) is 20.5. The van der Waals surface area contributed by atoms with Gasteiger partial charge in [-0.25, -0.2) is 4.98 Å². The molecule has 1 amide bonds. The van der Waals surface area contributed by atoms with Crippen molar-refractivity contribution in [1.29, 1.82) is 0 Å². The summed E-state index contributed by atoms with van der Waals surface area (Å²) in [5.74, 6) is 0.340. The summed E-state index contributed by atoms with van der Waals surface area (Å²) in [5, 5.41) is 11.9. The highest BCUT2D eigenvalue weighted by atomic mass is 32.1. The van der Waals surface area contributed by atoms with Gasteiger partial charge in [0, 0.05) is 42.6 Å². The van der Waals surface area contributed by atoms with Gasteiger partial charge in [0.05, 0.1) is 5.56 Å². The molecular formula is C27H33F3N2O3S. The third-order valence-electron chi connectivity index (χ3n) is 7.62. The van der Waals surface area contributed by atoms with E-state index in [0.29, 0.717) is 37.8 Å². The van der Waals surface area contributed by atoms with Crippen molar-refractivity contribution in [2.45, 2.75) is 76.5 Å². The predicted molar refractivity (Wildman–Crippen MR) is 132 cm³/mol. The molecule has 36 heavy (non-hydrogen) atoms. The van der Waals surface area contributed by atoms with E-state index in [2.05, 4.69) is 11.9 Å². The fourth-order valence-electron chi connectivity index (χ4n) is 5.41. The molecule has 0 unspecified atom stereocenters. The standard InChI is InChI=1S/C27H33F3N2O3S/c1-2-22-16-31-25(36-22)26(35)11-8-18(9-12-26)14-19-10-13-32(17-19)24(34)7-6-23(33)20-4-3-5-21(15-20)27(28,29)30/h3-5,15-16,18-19,35H,2,6-14,17H2,1H3/t18?,19-,26?/m1/s1. The number of hydrogen-bond donors (Lipinski definition) is 1. The number of likely N-dealkylation sites (tertiary alicyclic amines) is 1. The first-order valence-corrected chi connectivity index (χ1v) is 13.5. The van der Waals surface area contributed by atoms with Crippen molar-refractivity contribution in [3.05, 3.63) is 51.5 Å². The van der Waals surface area contributed by atoms with Crippen molar-refractivity contribution in [3.63, 3.8) is 0 Å². The molecular weight excluding hydrogens is 489 g/mol. The highest BCUT2D eigenvalue weighted by molar-refractivity contribution is 7.11. The minimum Gasteiger partial charge on any atom is -0.383 e. The van der Waals surface area contributed by atoms with Crippen LogP contribution in [0.15, 0.2) is 30.5 Å². The topological polar surface area (TPSA) is 70.5 Å². The molecule has 0 bridgehead atoms. The lowest BCUT2D eigenvalue weighted by atomic mass is 9.75. The van der Waals surface area contributed by atoms with Crippen molar-refractivity contribution in [1.82, 2.24) is 9.88 Å². The average molecular weight is 523 g/mol. The third kappa shape index (κ3) is 6.35. The molecule has 1 atom stereocenters. The first-order valence-electron chi connectivity index (χ1n) is 12.7. The Balaban J connectivity index is 1.21. The van der Waals surface area contributed by atoms with Crippen molar-refractivity contribution >= 4 is 23.0 Å². The number of alkyl halides is 3. The van der Waals surface area contributed by atoms with Gasteiger partial charge < -0.3 is 10.0 Å². The number of carbonyl (C=O) groups excluding carboxylic acids is 2. The summed E-state index contributed by atoms with van der Waals surface area (Å²) in [7, 11) is 0. The average Bonchev–Trinajstić information content (AvgIpc) is 3.54. The van der Waals surface area contributed by atoms with Crippen molar-refractivity contribution < 1.29 is 27.9 Å². The first kappa shape index (κ1) is 26.8. The van der Waals surface area contributed by atoms with Gasteiger partial charge in [-0.3, -0.25) is 9.59 Å². The molecule has 1 saturated heterocycles. The van der Waals surface area contributed by atoms with Gasteiger partial charge in [0.25, 0.3) is 0 Å². The van der Waals surface area contributed by atoms with Crippen LogP contribution in [0.1, 0.15) is 84.1 Å². The summed E-state index contributed by atoms with van der Waals surface area (Å²) < 4.78 is 38.7. The van der Waals surface area contributed by atoms with E-state index in [9.17, 15) is 27.9 Å². The maximum absolute atomic E-state index is 12.9. The maximum Gasteiger partial charge on any atom is 0.416 e. The van der Waals surface area contributed by atoms with Crippen LogP contribution < -0.4 is 0 Å². The molecule has 9 heteroatoms. The molecule has 196 valence electrons. The van der Waals surface area contributed by atoms with E-state index in [-0.39, 0.29) is 24.3 Å². The van der Waals surface area contributed by atoms with Crippen LogP contribution in [0, 0.1) is 11.8 Å². The van der Waals surface area contributed by atoms with E-state index in [1.54, 1.807) is 16.2 Å².